The summed E-state index contributed by atoms with van der Waals surface area (Å²) in [5.74, 6) is 0.668. The molecular weight excluding hydrogens is 238 g/mol. The number of carbonyl (C=O) groups is 2. The van der Waals surface area contributed by atoms with Gasteiger partial charge in [-0.25, -0.2) is 0 Å². The van der Waals surface area contributed by atoms with Gasteiger partial charge in [0, 0.05) is 11.8 Å². The Bertz CT molecular complexity index is 244. The highest BCUT2D eigenvalue weighted by atomic mass is 32.2. The summed E-state index contributed by atoms with van der Waals surface area (Å²) in [6, 6.07) is 0.199. The first-order valence-electron chi connectivity index (χ1n) is 6.00. The maximum absolute atomic E-state index is 11.5. The Morgan fingerprint density at radius 2 is 1.88 bits per heavy atom. The summed E-state index contributed by atoms with van der Waals surface area (Å²) in [6.45, 7) is 6.33. The summed E-state index contributed by atoms with van der Waals surface area (Å²) in [6.07, 6.45) is 2.21. The van der Waals surface area contributed by atoms with E-state index in [0.29, 0.717) is 17.4 Å². The molecule has 0 aromatic carbocycles. The summed E-state index contributed by atoms with van der Waals surface area (Å²) in [5, 5.41) is 11.3. The fourth-order valence-corrected chi connectivity index (χ4v) is 2.03. The molecule has 17 heavy (non-hydrogen) atoms. The molecule has 0 radical (unpaired) electrons. The molecule has 0 saturated heterocycles. The molecule has 1 atom stereocenters. The Morgan fingerprint density at radius 1 is 1.24 bits per heavy atom. The van der Waals surface area contributed by atoms with E-state index < -0.39 is 5.97 Å². The van der Waals surface area contributed by atoms with Crippen molar-refractivity contribution < 1.29 is 14.7 Å². The number of amides is 1. The number of aliphatic carboxylic acids is 1. The van der Waals surface area contributed by atoms with Crippen molar-refractivity contribution in [3.63, 3.8) is 0 Å². The zero-order valence-electron chi connectivity index (χ0n) is 10.9. The van der Waals surface area contributed by atoms with Crippen LogP contribution >= 0.6 is 11.8 Å². The number of thioether (sulfide) groups is 1. The van der Waals surface area contributed by atoms with E-state index >= 15 is 0 Å². The van der Waals surface area contributed by atoms with E-state index in [0.717, 1.165) is 12.8 Å². The van der Waals surface area contributed by atoms with Gasteiger partial charge in [-0.3, -0.25) is 9.59 Å². The molecule has 4 nitrogen and oxygen atoms in total. The van der Waals surface area contributed by atoms with Crippen molar-refractivity contribution in [2.75, 3.05) is 11.5 Å². The van der Waals surface area contributed by atoms with Gasteiger partial charge in [0.15, 0.2) is 0 Å². The lowest BCUT2D eigenvalue weighted by atomic mass is 10.0. The lowest BCUT2D eigenvalue weighted by Gasteiger charge is -2.14. The fraction of sp³-hybridized carbons (Fsp3) is 0.833. The molecule has 0 aliphatic heterocycles. The van der Waals surface area contributed by atoms with Crippen molar-refractivity contribution in [2.45, 2.75) is 46.1 Å². The number of hydrogen-bond donors (Lipinski definition) is 2. The normalized spacial score (nSPS) is 12.5. The first kappa shape index (κ1) is 16.3. The number of carboxylic acids is 1. The molecule has 5 heteroatoms. The molecule has 0 aliphatic rings. The topological polar surface area (TPSA) is 66.4 Å². The summed E-state index contributed by atoms with van der Waals surface area (Å²) >= 11 is 1.36. The number of rotatable bonds is 9. The van der Waals surface area contributed by atoms with E-state index in [4.69, 9.17) is 5.11 Å². The van der Waals surface area contributed by atoms with Crippen molar-refractivity contribution in [1.29, 1.82) is 0 Å². The van der Waals surface area contributed by atoms with Gasteiger partial charge in [-0.2, -0.15) is 11.8 Å². The minimum Gasteiger partial charge on any atom is -0.481 e. The maximum atomic E-state index is 11.5. The zero-order valence-corrected chi connectivity index (χ0v) is 11.7. The number of nitrogens with one attached hydrogen (secondary N) is 1. The number of carboxylic acid groups (broad SMARTS) is 1. The predicted molar refractivity (Wildman–Crippen MR) is 71.3 cm³/mol. The van der Waals surface area contributed by atoms with Crippen LogP contribution < -0.4 is 5.32 Å². The Balaban J connectivity index is 3.53. The van der Waals surface area contributed by atoms with Gasteiger partial charge in [0.05, 0.1) is 12.2 Å². The third-order valence-electron chi connectivity index (χ3n) is 2.28. The van der Waals surface area contributed by atoms with Crippen LogP contribution in [0.15, 0.2) is 0 Å². The molecule has 0 aliphatic carbocycles. The monoisotopic (exact) mass is 261 g/mol. The van der Waals surface area contributed by atoms with E-state index in [1.54, 1.807) is 0 Å². The Hall–Kier alpha value is -0.710. The molecule has 0 heterocycles. The molecule has 0 bridgehead atoms. The predicted octanol–water partition coefficient (Wildman–Crippen LogP) is 2.14. The molecular formula is C12H23NO3S. The summed E-state index contributed by atoms with van der Waals surface area (Å²) in [5.41, 5.74) is 0. The molecule has 100 valence electrons. The van der Waals surface area contributed by atoms with Crippen LogP contribution in [0.5, 0.6) is 0 Å². The fourth-order valence-electron chi connectivity index (χ4n) is 1.30. The molecule has 0 rings (SSSR count). The molecule has 0 aromatic rings. The quantitative estimate of drug-likeness (QED) is 0.624. The molecule has 1 unspecified atom stereocenters. The van der Waals surface area contributed by atoms with E-state index in [2.05, 4.69) is 19.2 Å². The Morgan fingerprint density at radius 3 is 2.41 bits per heavy atom. The molecule has 2 N–H and O–H groups in total. The van der Waals surface area contributed by atoms with Crippen molar-refractivity contribution in [2.24, 2.45) is 5.92 Å². The minimum absolute atomic E-state index is 0.00311. The van der Waals surface area contributed by atoms with Gasteiger partial charge in [0.1, 0.15) is 0 Å². The van der Waals surface area contributed by atoms with Gasteiger partial charge in [-0.1, -0.05) is 13.8 Å². The maximum Gasteiger partial charge on any atom is 0.304 e. The van der Waals surface area contributed by atoms with E-state index in [9.17, 15) is 9.59 Å². The first-order chi connectivity index (χ1) is 7.91. The summed E-state index contributed by atoms with van der Waals surface area (Å²) in [4.78, 5) is 21.7. The number of hydrogen-bond acceptors (Lipinski definition) is 3. The largest absolute Gasteiger partial charge is 0.481 e. The van der Waals surface area contributed by atoms with E-state index in [1.807, 2.05) is 6.92 Å². The molecule has 0 spiro atoms. The van der Waals surface area contributed by atoms with Gasteiger partial charge in [0.2, 0.25) is 5.91 Å². The first-order valence-corrected chi connectivity index (χ1v) is 7.16. The van der Waals surface area contributed by atoms with Crippen molar-refractivity contribution in [3.05, 3.63) is 0 Å². The zero-order chi connectivity index (χ0) is 13.3. The SMILES string of the molecule is CC(C)CCC(C)NC(=O)CSCCC(=O)O. The van der Waals surface area contributed by atoms with Crippen LogP contribution in [-0.2, 0) is 9.59 Å². The Kier molecular flexibility index (Phi) is 8.94. The average molecular weight is 261 g/mol. The lowest BCUT2D eigenvalue weighted by Crippen LogP contribution is -2.34. The van der Waals surface area contributed by atoms with Gasteiger partial charge < -0.3 is 10.4 Å². The molecule has 0 aromatic heterocycles. The molecule has 1 amide bonds. The van der Waals surface area contributed by atoms with Gasteiger partial charge in [0.25, 0.3) is 0 Å². The highest BCUT2D eigenvalue weighted by molar-refractivity contribution is 7.99. The van der Waals surface area contributed by atoms with Crippen LogP contribution in [0.25, 0.3) is 0 Å². The minimum atomic E-state index is -0.816. The van der Waals surface area contributed by atoms with Crippen LogP contribution in [-0.4, -0.2) is 34.5 Å². The van der Waals surface area contributed by atoms with Crippen molar-refractivity contribution >= 4 is 23.6 Å². The van der Waals surface area contributed by atoms with Gasteiger partial charge in [-0.15, -0.1) is 0 Å². The smallest absolute Gasteiger partial charge is 0.304 e. The summed E-state index contributed by atoms with van der Waals surface area (Å²) < 4.78 is 0. The lowest BCUT2D eigenvalue weighted by molar-refractivity contribution is -0.136. The van der Waals surface area contributed by atoms with Crippen molar-refractivity contribution in [3.8, 4) is 0 Å². The van der Waals surface area contributed by atoms with Crippen LogP contribution in [0.2, 0.25) is 0 Å². The van der Waals surface area contributed by atoms with Gasteiger partial charge in [-0.05, 0) is 25.7 Å². The average Bonchev–Trinajstić information content (AvgIpc) is 2.21. The summed E-state index contributed by atoms with van der Waals surface area (Å²) in [7, 11) is 0. The van der Waals surface area contributed by atoms with E-state index in [-0.39, 0.29) is 18.4 Å². The second kappa shape index (κ2) is 9.33. The molecule has 0 fully saturated rings. The third-order valence-corrected chi connectivity index (χ3v) is 3.24. The highest BCUT2D eigenvalue weighted by Crippen LogP contribution is 2.07. The number of carbonyl (C=O) groups excluding carboxylic acids is 1. The molecule has 0 saturated carbocycles. The third kappa shape index (κ3) is 11.6. The van der Waals surface area contributed by atoms with Crippen LogP contribution in [0.3, 0.4) is 0 Å². The Labute approximate surface area is 108 Å². The van der Waals surface area contributed by atoms with Crippen LogP contribution in [0.1, 0.15) is 40.0 Å². The van der Waals surface area contributed by atoms with Gasteiger partial charge >= 0.3 is 5.97 Å². The van der Waals surface area contributed by atoms with Crippen LogP contribution in [0.4, 0.5) is 0 Å². The standard InChI is InChI=1S/C12H23NO3S/c1-9(2)4-5-10(3)13-11(14)8-17-7-6-12(15)16/h9-10H,4-8H2,1-3H3,(H,13,14)(H,15,16). The highest BCUT2D eigenvalue weighted by Gasteiger charge is 2.08. The van der Waals surface area contributed by atoms with Crippen molar-refractivity contribution in [1.82, 2.24) is 5.32 Å². The second-order valence-corrected chi connectivity index (χ2v) is 5.74. The second-order valence-electron chi connectivity index (χ2n) is 4.64. The van der Waals surface area contributed by atoms with E-state index in [1.165, 1.54) is 11.8 Å². The van der Waals surface area contributed by atoms with Crippen LogP contribution in [0, 0.1) is 5.92 Å².